The molecule has 8 heteroatoms. The largest absolute Gasteiger partial charge is 0.484 e. The van der Waals surface area contributed by atoms with Gasteiger partial charge < -0.3 is 19.3 Å². The third-order valence-corrected chi connectivity index (χ3v) is 2.49. The number of hydrogen-bond donors (Lipinski definition) is 1. The van der Waals surface area contributed by atoms with Crippen molar-refractivity contribution in [3.05, 3.63) is 33.9 Å². The average Bonchev–Trinajstić information content (AvgIpc) is 2.49. The van der Waals surface area contributed by atoms with Gasteiger partial charge in [-0.25, -0.2) is 0 Å². The van der Waals surface area contributed by atoms with Gasteiger partial charge in [0.2, 0.25) is 0 Å². The van der Waals surface area contributed by atoms with Crippen LogP contribution >= 0.6 is 0 Å². The molecule has 0 aliphatic rings. The van der Waals surface area contributed by atoms with Crippen molar-refractivity contribution in [2.75, 3.05) is 33.5 Å². The predicted octanol–water partition coefficient (Wildman–Crippen LogP) is 0.810. The Morgan fingerprint density at radius 2 is 2.14 bits per heavy atom. The van der Waals surface area contributed by atoms with E-state index >= 15 is 0 Å². The van der Waals surface area contributed by atoms with Crippen molar-refractivity contribution in [1.29, 1.82) is 0 Å². The fraction of sp³-hybridized carbons (Fsp3) is 0.462. The van der Waals surface area contributed by atoms with Gasteiger partial charge in [-0.3, -0.25) is 14.9 Å². The molecule has 0 spiro atoms. The standard InChI is InChI=1S/C13H17NO7/c1-19-4-5-20-8-11(16)9-21-13-6-10(7-15)2-3-12(13)14(17)18/h2-3,6-7,11,16H,4-5,8-9H2,1H3. The fourth-order valence-electron chi connectivity index (χ4n) is 1.47. The van der Waals surface area contributed by atoms with Crippen LogP contribution in [0.5, 0.6) is 5.75 Å². The highest BCUT2D eigenvalue weighted by Crippen LogP contribution is 2.27. The molecule has 0 aliphatic carbocycles. The van der Waals surface area contributed by atoms with Gasteiger partial charge >= 0.3 is 5.69 Å². The summed E-state index contributed by atoms with van der Waals surface area (Å²) in [6.07, 6.45) is -0.387. The van der Waals surface area contributed by atoms with Crippen molar-refractivity contribution in [3.63, 3.8) is 0 Å². The van der Waals surface area contributed by atoms with Crippen LogP contribution in [0.3, 0.4) is 0 Å². The molecule has 1 rings (SSSR count). The first-order valence-electron chi connectivity index (χ1n) is 6.19. The van der Waals surface area contributed by atoms with Gasteiger partial charge in [0.05, 0.1) is 24.7 Å². The van der Waals surface area contributed by atoms with Gasteiger partial charge in [0.1, 0.15) is 19.0 Å². The molecule has 1 atom stereocenters. The van der Waals surface area contributed by atoms with E-state index < -0.39 is 11.0 Å². The summed E-state index contributed by atoms with van der Waals surface area (Å²) in [5.41, 5.74) is -0.0189. The second-order valence-corrected chi connectivity index (χ2v) is 4.13. The van der Waals surface area contributed by atoms with Crippen LogP contribution in [0.15, 0.2) is 18.2 Å². The molecule has 1 N–H and O–H groups in total. The van der Waals surface area contributed by atoms with Crippen LogP contribution < -0.4 is 4.74 Å². The van der Waals surface area contributed by atoms with Crippen LogP contribution in [0, 0.1) is 10.1 Å². The normalized spacial score (nSPS) is 11.9. The van der Waals surface area contributed by atoms with Gasteiger partial charge in [-0.15, -0.1) is 0 Å². The summed E-state index contributed by atoms with van der Waals surface area (Å²) in [7, 11) is 1.53. The van der Waals surface area contributed by atoms with E-state index in [4.69, 9.17) is 14.2 Å². The second kappa shape index (κ2) is 9.01. The van der Waals surface area contributed by atoms with Crippen molar-refractivity contribution >= 4 is 12.0 Å². The van der Waals surface area contributed by atoms with E-state index in [0.29, 0.717) is 19.5 Å². The van der Waals surface area contributed by atoms with Crippen molar-refractivity contribution in [1.82, 2.24) is 0 Å². The summed E-state index contributed by atoms with van der Waals surface area (Å²) < 4.78 is 15.1. The molecule has 0 bridgehead atoms. The average molecular weight is 299 g/mol. The number of rotatable bonds is 10. The molecule has 0 heterocycles. The second-order valence-electron chi connectivity index (χ2n) is 4.13. The SMILES string of the molecule is COCCOCC(O)COc1cc(C=O)ccc1[N+](=O)[O-]. The molecule has 1 unspecified atom stereocenters. The monoisotopic (exact) mass is 299 g/mol. The molecule has 21 heavy (non-hydrogen) atoms. The Morgan fingerprint density at radius 3 is 2.76 bits per heavy atom. The summed E-state index contributed by atoms with van der Waals surface area (Å²) in [5, 5.41) is 20.5. The first kappa shape index (κ1) is 17.0. The van der Waals surface area contributed by atoms with Crippen LogP contribution in [0.4, 0.5) is 5.69 Å². The highest BCUT2D eigenvalue weighted by molar-refractivity contribution is 5.76. The Balaban J connectivity index is 2.56. The van der Waals surface area contributed by atoms with Crippen molar-refractivity contribution in [2.45, 2.75) is 6.10 Å². The number of methoxy groups -OCH3 is 1. The summed E-state index contributed by atoms with van der Waals surface area (Å²) in [6.45, 7) is 0.565. The van der Waals surface area contributed by atoms with E-state index in [9.17, 15) is 20.0 Å². The molecule has 8 nitrogen and oxygen atoms in total. The zero-order chi connectivity index (χ0) is 15.7. The number of aldehydes is 1. The Labute approximate surface area is 121 Å². The van der Waals surface area contributed by atoms with Gasteiger partial charge in [-0.05, 0) is 12.1 Å². The summed E-state index contributed by atoms with van der Waals surface area (Å²) in [4.78, 5) is 20.9. The van der Waals surface area contributed by atoms with E-state index in [-0.39, 0.29) is 30.2 Å². The topological polar surface area (TPSA) is 108 Å². The molecule has 0 saturated heterocycles. The molecule has 0 saturated carbocycles. The highest BCUT2D eigenvalue weighted by atomic mass is 16.6. The van der Waals surface area contributed by atoms with E-state index in [2.05, 4.69) is 0 Å². The van der Waals surface area contributed by atoms with Gasteiger partial charge in [-0.1, -0.05) is 0 Å². The molecule has 0 aromatic heterocycles. The van der Waals surface area contributed by atoms with Crippen LogP contribution in [0.25, 0.3) is 0 Å². The highest BCUT2D eigenvalue weighted by Gasteiger charge is 2.17. The lowest BCUT2D eigenvalue weighted by atomic mass is 10.2. The minimum absolute atomic E-state index is 0.0184. The molecule has 1 aromatic rings. The molecule has 0 fully saturated rings. The summed E-state index contributed by atoms with van der Waals surface area (Å²) in [5.74, 6) is -0.0689. The Morgan fingerprint density at radius 1 is 1.38 bits per heavy atom. The lowest BCUT2D eigenvalue weighted by Gasteiger charge is -2.13. The molecule has 0 radical (unpaired) electrons. The third kappa shape index (κ3) is 5.86. The van der Waals surface area contributed by atoms with Gasteiger partial charge in [-0.2, -0.15) is 0 Å². The quantitative estimate of drug-likeness (QED) is 0.295. The molecule has 116 valence electrons. The minimum Gasteiger partial charge on any atom is -0.484 e. The van der Waals surface area contributed by atoms with E-state index in [1.54, 1.807) is 0 Å². The van der Waals surface area contributed by atoms with Crippen LogP contribution in [-0.4, -0.2) is 56.0 Å². The summed E-state index contributed by atoms with van der Waals surface area (Å²) in [6, 6.07) is 3.76. The summed E-state index contributed by atoms with van der Waals surface area (Å²) >= 11 is 0. The van der Waals surface area contributed by atoms with E-state index in [1.165, 1.54) is 25.3 Å². The Hall–Kier alpha value is -2.03. The number of carbonyl (C=O) groups is 1. The fourth-order valence-corrected chi connectivity index (χ4v) is 1.47. The zero-order valence-corrected chi connectivity index (χ0v) is 11.6. The molecular formula is C13H17NO7. The maximum atomic E-state index is 10.8. The number of aliphatic hydroxyl groups excluding tert-OH is 1. The van der Waals surface area contributed by atoms with E-state index in [1.807, 2.05) is 0 Å². The number of nitrogens with zero attached hydrogens (tertiary/aromatic N) is 1. The number of nitro benzene ring substituents is 1. The number of benzene rings is 1. The lowest BCUT2D eigenvalue weighted by molar-refractivity contribution is -0.385. The van der Waals surface area contributed by atoms with Crippen LogP contribution in [0.2, 0.25) is 0 Å². The van der Waals surface area contributed by atoms with Crippen molar-refractivity contribution in [3.8, 4) is 5.75 Å². The lowest BCUT2D eigenvalue weighted by Crippen LogP contribution is -2.24. The predicted molar refractivity (Wildman–Crippen MR) is 72.7 cm³/mol. The van der Waals surface area contributed by atoms with Crippen molar-refractivity contribution < 1.29 is 29.0 Å². The molecule has 0 aliphatic heterocycles. The maximum absolute atomic E-state index is 10.8. The number of hydrogen-bond acceptors (Lipinski definition) is 7. The maximum Gasteiger partial charge on any atom is 0.310 e. The Kier molecular flexibility index (Phi) is 7.30. The first-order valence-corrected chi connectivity index (χ1v) is 6.19. The molecule has 0 amide bonds. The minimum atomic E-state index is -0.943. The van der Waals surface area contributed by atoms with Crippen LogP contribution in [0.1, 0.15) is 10.4 Å². The van der Waals surface area contributed by atoms with E-state index in [0.717, 1.165) is 0 Å². The number of aliphatic hydroxyl groups is 1. The van der Waals surface area contributed by atoms with Crippen molar-refractivity contribution in [2.24, 2.45) is 0 Å². The molecular weight excluding hydrogens is 282 g/mol. The first-order chi connectivity index (χ1) is 10.1. The van der Waals surface area contributed by atoms with Gasteiger partial charge in [0.15, 0.2) is 5.75 Å². The van der Waals surface area contributed by atoms with Crippen LogP contribution in [-0.2, 0) is 9.47 Å². The van der Waals surface area contributed by atoms with Gasteiger partial charge in [0, 0.05) is 18.7 Å². The zero-order valence-electron chi connectivity index (χ0n) is 11.6. The Bertz CT molecular complexity index is 478. The number of carbonyl (C=O) groups excluding carboxylic acids is 1. The smallest absolute Gasteiger partial charge is 0.310 e. The number of nitro groups is 1. The van der Waals surface area contributed by atoms with Gasteiger partial charge in [0.25, 0.3) is 0 Å². The third-order valence-electron chi connectivity index (χ3n) is 2.49. The number of ether oxygens (including phenoxy) is 3. The molecule has 1 aromatic carbocycles.